The SMILES string of the molecule is N#Cc1cccc(Oc2ccc(C(=O)O)nn2)c1. The molecular weight excluding hydrogens is 234 g/mol. The van der Waals surface area contributed by atoms with Crippen LogP contribution in [0.5, 0.6) is 11.6 Å². The van der Waals surface area contributed by atoms with Crippen LogP contribution in [0.15, 0.2) is 36.4 Å². The topological polar surface area (TPSA) is 96.1 Å². The third-order valence-corrected chi connectivity index (χ3v) is 2.04. The lowest BCUT2D eigenvalue weighted by Crippen LogP contribution is -2.02. The molecule has 0 aliphatic rings. The van der Waals surface area contributed by atoms with Crippen molar-refractivity contribution < 1.29 is 14.6 Å². The first kappa shape index (κ1) is 11.5. The Labute approximate surface area is 102 Å². The average molecular weight is 241 g/mol. The summed E-state index contributed by atoms with van der Waals surface area (Å²) in [5, 5.41) is 24.5. The lowest BCUT2D eigenvalue weighted by atomic mass is 10.2. The van der Waals surface area contributed by atoms with Gasteiger partial charge in [-0.25, -0.2) is 4.79 Å². The Kier molecular flexibility index (Phi) is 3.16. The number of aromatic nitrogens is 2. The van der Waals surface area contributed by atoms with Crippen molar-refractivity contribution in [3.05, 3.63) is 47.7 Å². The van der Waals surface area contributed by atoms with Gasteiger partial charge >= 0.3 is 5.97 Å². The predicted octanol–water partition coefficient (Wildman–Crippen LogP) is 1.84. The molecule has 18 heavy (non-hydrogen) atoms. The highest BCUT2D eigenvalue weighted by molar-refractivity contribution is 5.84. The van der Waals surface area contributed by atoms with Crippen LogP contribution in [0.2, 0.25) is 0 Å². The summed E-state index contributed by atoms with van der Waals surface area (Å²) in [6.45, 7) is 0. The largest absolute Gasteiger partial charge is 0.476 e. The number of carboxylic acid groups (broad SMARTS) is 1. The fourth-order valence-electron chi connectivity index (χ4n) is 1.24. The van der Waals surface area contributed by atoms with E-state index in [0.29, 0.717) is 11.3 Å². The number of rotatable bonds is 3. The highest BCUT2D eigenvalue weighted by Crippen LogP contribution is 2.19. The summed E-state index contributed by atoms with van der Waals surface area (Å²) in [4.78, 5) is 10.6. The zero-order valence-electron chi connectivity index (χ0n) is 9.07. The number of hydrogen-bond acceptors (Lipinski definition) is 5. The molecular formula is C12H7N3O3. The highest BCUT2D eigenvalue weighted by Gasteiger charge is 2.06. The van der Waals surface area contributed by atoms with Crippen LogP contribution in [0.25, 0.3) is 0 Å². The van der Waals surface area contributed by atoms with Crippen molar-refractivity contribution in [2.24, 2.45) is 0 Å². The molecule has 0 atom stereocenters. The van der Waals surface area contributed by atoms with Crippen LogP contribution in [0.4, 0.5) is 0 Å². The molecule has 0 aliphatic carbocycles. The first-order chi connectivity index (χ1) is 8.69. The molecule has 1 N–H and O–H groups in total. The van der Waals surface area contributed by atoms with E-state index in [1.807, 2.05) is 6.07 Å². The first-order valence-electron chi connectivity index (χ1n) is 4.94. The molecule has 0 unspecified atom stereocenters. The molecule has 6 heteroatoms. The Bertz CT molecular complexity index is 617. The number of carbonyl (C=O) groups is 1. The van der Waals surface area contributed by atoms with Crippen LogP contribution in [0.1, 0.15) is 16.1 Å². The van der Waals surface area contributed by atoms with Crippen LogP contribution < -0.4 is 4.74 Å². The number of ether oxygens (including phenoxy) is 1. The molecule has 0 radical (unpaired) electrons. The van der Waals surface area contributed by atoms with E-state index >= 15 is 0 Å². The van der Waals surface area contributed by atoms with E-state index in [9.17, 15) is 4.79 Å². The average Bonchev–Trinajstić information content (AvgIpc) is 2.39. The summed E-state index contributed by atoms with van der Waals surface area (Å²) in [5.41, 5.74) is 0.302. The van der Waals surface area contributed by atoms with Gasteiger partial charge in [0, 0.05) is 6.07 Å². The van der Waals surface area contributed by atoms with E-state index in [4.69, 9.17) is 15.1 Å². The van der Waals surface area contributed by atoms with Crippen LogP contribution in [-0.4, -0.2) is 21.3 Å². The Morgan fingerprint density at radius 2 is 2.11 bits per heavy atom. The first-order valence-corrected chi connectivity index (χ1v) is 4.94. The number of hydrogen-bond donors (Lipinski definition) is 1. The van der Waals surface area contributed by atoms with Crippen LogP contribution >= 0.6 is 0 Å². The van der Waals surface area contributed by atoms with Crippen molar-refractivity contribution in [2.75, 3.05) is 0 Å². The molecule has 0 saturated heterocycles. The van der Waals surface area contributed by atoms with E-state index in [-0.39, 0.29) is 11.6 Å². The Morgan fingerprint density at radius 1 is 1.28 bits per heavy atom. The zero-order chi connectivity index (χ0) is 13.0. The summed E-state index contributed by atoms with van der Waals surface area (Å²) < 4.78 is 5.34. The second-order valence-corrected chi connectivity index (χ2v) is 3.30. The zero-order valence-corrected chi connectivity index (χ0v) is 9.07. The minimum atomic E-state index is -1.15. The van der Waals surface area contributed by atoms with Gasteiger partial charge in [0.05, 0.1) is 11.6 Å². The molecule has 2 rings (SSSR count). The predicted molar refractivity (Wildman–Crippen MR) is 60.2 cm³/mol. The molecule has 6 nitrogen and oxygen atoms in total. The van der Waals surface area contributed by atoms with Gasteiger partial charge in [0.15, 0.2) is 5.69 Å². The monoisotopic (exact) mass is 241 g/mol. The summed E-state index contributed by atoms with van der Waals surface area (Å²) in [5.74, 6) is -0.554. The van der Waals surface area contributed by atoms with Crippen molar-refractivity contribution >= 4 is 5.97 Å². The van der Waals surface area contributed by atoms with Gasteiger partial charge in [-0.3, -0.25) is 0 Å². The maximum absolute atomic E-state index is 10.6. The normalized spacial score (nSPS) is 9.50. The Morgan fingerprint density at radius 3 is 2.72 bits per heavy atom. The van der Waals surface area contributed by atoms with Gasteiger partial charge in [0.1, 0.15) is 5.75 Å². The standard InChI is InChI=1S/C12H7N3O3/c13-7-8-2-1-3-9(6-8)18-11-5-4-10(12(16)17)14-15-11/h1-6H,(H,16,17). The fourth-order valence-corrected chi connectivity index (χ4v) is 1.24. The molecule has 0 fully saturated rings. The Balaban J connectivity index is 2.18. The highest BCUT2D eigenvalue weighted by atomic mass is 16.5. The lowest BCUT2D eigenvalue weighted by molar-refractivity contribution is 0.0689. The maximum atomic E-state index is 10.6. The second-order valence-electron chi connectivity index (χ2n) is 3.30. The van der Waals surface area contributed by atoms with Gasteiger partial charge in [-0.15, -0.1) is 10.2 Å². The van der Waals surface area contributed by atoms with E-state index in [2.05, 4.69) is 10.2 Å². The van der Waals surface area contributed by atoms with Crippen molar-refractivity contribution in [1.82, 2.24) is 10.2 Å². The molecule has 0 amide bonds. The summed E-state index contributed by atoms with van der Waals surface area (Å²) in [7, 11) is 0. The van der Waals surface area contributed by atoms with Crippen LogP contribution in [-0.2, 0) is 0 Å². The van der Waals surface area contributed by atoms with Gasteiger partial charge < -0.3 is 9.84 Å². The maximum Gasteiger partial charge on any atom is 0.356 e. The van der Waals surface area contributed by atoms with Gasteiger partial charge in [-0.1, -0.05) is 6.07 Å². The molecule has 1 aromatic carbocycles. The third-order valence-electron chi connectivity index (χ3n) is 2.04. The molecule has 2 aromatic rings. The number of benzene rings is 1. The van der Waals surface area contributed by atoms with Gasteiger partial charge in [0.25, 0.3) is 0 Å². The van der Waals surface area contributed by atoms with Crippen LogP contribution in [0, 0.1) is 11.3 Å². The second kappa shape index (κ2) is 4.93. The molecule has 0 spiro atoms. The number of aromatic carboxylic acids is 1. The number of nitrogens with zero attached hydrogens (tertiary/aromatic N) is 3. The lowest BCUT2D eigenvalue weighted by Gasteiger charge is -2.03. The summed E-state index contributed by atoms with van der Waals surface area (Å²) in [6.07, 6.45) is 0. The minimum absolute atomic E-state index is 0.159. The van der Waals surface area contributed by atoms with Gasteiger partial charge in [0.2, 0.25) is 5.88 Å². The quantitative estimate of drug-likeness (QED) is 0.880. The van der Waals surface area contributed by atoms with Crippen molar-refractivity contribution in [2.45, 2.75) is 0 Å². The van der Waals surface area contributed by atoms with Crippen molar-refractivity contribution in [1.29, 1.82) is 5.26 Å². The fraction of sp³-hybridized carbons (Fsp3) is 0. The van der Waals surface area contributed by atoms with Crippen molar-refractivity contribution in [3.63, 3.8) is 0 Å². The Hall–Kier alpha value is -2.94. The molecule has 0 aliphatic heterocycles. The van der Waals surface area contributed by atoms with Gasteiger partial charge in [-0.05, 0) is 24.3 Å². The molecule has 0 bridgehead atoms. The summed E-state index contributed by atoms with van der Waals surface area (Å²) in [6, 6.07) is 11.2. The number of nitriles is 1. The summed E-state index contributed by atoms with van der Waals surface area (Å²) >= 11 is 0. The molecule has 1 heterocycles. The van der Waals surface area contributed by atoms with Crippen LogP contribution in [0.3, 0.4) is 0 Å². The minimum Gasteiger partial charge on any atom is -0.476 e. The van der Waals surface area contributed by atoms with E-state index in [1.165, 1.54) is 12.1 Å². The van der Waals surface area contributed by atoms with E-state index < -0.39 is 5.97 Å². The third kappa shape index (κ3) is 2.59. The molecule has 1 aromatic heterocycles. The number of carboxylic acids is 1. The van der Waals surface area contributed by atoms with Gasteiger partial charge in [-0.2, -0.15) is 5.26 Å². The van der Waals surface area contributed by atoms with E-state index in [0.717, 1.165) is 0 Å². The molecule has 88 valence electrons. The van der Waals surface area contributed by atoms with E-state index in [1.54, 1.807) is 24.3 Å². The van der Waals surface area contributed by atoms with Crippen molar-refractivity contribution in [3.8, 4) is 17.7 Å². The molecule has 0 saturated carbocycles. The smallest absolute Gasteiger partial charge is 0.356 e.